The second kappa shape index (κ2) is 9.20. The standard InChI is InChI=1S/C26H21F3N8O2/c27-26(28,29)17-11-15(2-5-20(17)36-9-7-31-8-10-36)37-23-16(24(38)35-25(37)39)13-32-19-4-3-18(34-22(19)23)14-1-6-21(30)33-12-14/h1-6,11-13,31H,7-10H2,(H2,30,33)(H,35,38,39). The van der Waals surface area contributed by atoms with Crippen LogP contribution in [-0.2, 0) is 6.18 Å². The lowest BCUT2D eigenvalue weighted by atomic mass is 10.1. The highest BCUT2D eigenvalue weighted by molar-refractivity contribution is 6.01. The maximum atomic E-state index is 14.3. The van der Waals surface area contributed by atoms with Crippen LogP contribution in [-0.4, -0.2) is 50.7 Å². The normalized spacial score (nSPS) is 14.3. The number of aromatic amines is 1. The molecule has 4 N–H and O–H groups in total. The van der Waals surface area contributed by atoms with Crippen LogP contribution < -0.4 is 27.2 Å². The number of rotatable bonds is 3. The molecule has 1 aliphatic heterocycles. The maximum Gasteiger partial charge on any atom is 0.418 e. The molecular formula is C26H21F3N8O2. The Morgan fingerprint density at radius 1 is 0.949 bits per heavy atom. The highest BCUT2D eigenvalue weighted by Crippen LogP contribution is 2.38. The van der Waals surface area contributed by atoms with Crippen LogP contribution in [0.15, 0.2) is 64.4 Å². The van der Waals surface area contributed by atoms with E-state index in [1.165, 1.54) is 24.5 Å². The number of anilines is 2. The third-order valence-corrected chi connectivity index (χ3v) is 6.66. The molecule has 198 valence electrons. The summed E-state index contributed by atoms with van der Waals surface area (Å²) >= 11 is 0. The molecule has 5 heterocycles. The number of hydrogen-bond acceptors (Lipinski definition) is 8. The van der Waals surface area contributed by atoms with Crippen LogP contribution in [0.4, 0.5) is 24.7 Å². The van der Waals surface area contributed by atoms with Gasteiger partial charge < -0.3 is 16.0 Å². The molecule has 0 bridgehead atoms. The minimum Gasteiger partial charge on any atom is -0.384 e. The van der Waals surface area contributed by atoms with Gasteiger partial charge in [0.1, 0.15) is 11.3 Å². The molecular weight excluding hydrogens is 513 g/mol. The van der Waals surface area contributed by atoms with Crippen molar-refractivity contribution in [2.24, 2.45) is 0 Å². The molecule has 0 amide bonds. The Kier molecular flexibility index (Phi) is 5.79. The van der Waals surface area contributed by atoms with Gasteiger partial charge in [0.25, 0.3) is 5.56 Å². The molecule has 4 aromatic heterocycles. The number of nitrogens with zero attached hydrogens (tertiary/aromatic N) is 5. The second-order valence-electron chi connectivity index (χ2n) is 9.09. The largest absolute Gasteiger partial charge is 0.418 e. The lowest BCUT2D eigenvalue weighted by Crippen LogP contribution is -2.44. The van der Waals surface area contributed by atoms with Gasteiger partial charge in [0.15, 0.2) is 0 Å². The Hall–Kier alpha value is -4.78. The molecule has 1 saturated heterocycles. The summed E-state index contributed by atoms with van der Waals surface area (Å²) < 4.78 is 43.9. The molecule has 0 unspecified atom stereocenters. The summed E-state index contributed by atoms with van der Waals surface area (Å²) in [6, 6.07) is 10.4. The van der Waals surface area contributed by atoms with E-state index in [-0.39, 0.29) is 27.8 Å². The first-order chi connectivity index (χ1) is 18.7. The van der Waals surface area contributed by atoms with Gasteiger partial charge >= 0.3 is 11.9 Å². The molecule has 0 saturated carbocycles. The van der Waals surface area contributed by atoms with Crippen molar-refractivity contribution >= 4 is 33.4 Å². The molecule has 10 nitrogen and oxygen atoms in total. The molecule has 6 rings (SSSR count). The van der Waals surface area contributed by atoms with Crippen molar-refractivity contribution in [3.05, 3.63) is 81.3 Å². The van der Waals surface area contributed by atoms with Crippen molar-refractivity contribution in [1.82, 2.24) is 29.8 Å². The van der Waals surface area contributed by atoms with E-state index in [1.54, 1.807) is 29.2 Å². The summed E-state index contributed by atoms with van der Waals surface area (Å²) in [7, 11) is 0. The van der Waals surface area contributed by atoms with E-state index in [9.17, 15) is 22.8 Å². The molecule has 0 spiro atoms. The van der Waals surface area contributed by atoms with E-state index < -0.39 is 23.0 Å². The molecule has 0 radical (unpaired) electrons. The van der Waals surface area contributed by atoms with Crippen LogP contribution in [0.5, 0.6) is 0 Å². The number of alkyl halides is 3. The Labute approximate surface area is 218 Å². The first-order valence-corrected chi connectivity index (χ1v) is 12.0. The van der Waals surface area contributed by atoms with Crippen molar-refractivity contribution in [2.75, 3.05) is 36.8 Å². The zero-order valence-electron chi connectivity index (χ0n) is 20.3. The Bertz CT molecular complexity index is 1840. The molecule has 1 fully saturated rings. The lowest BCUT2D eigenvalue weighted by molar-refractivity contribution is -0.137. The van der Waals surface area contributed by atoms with Crippen LogP contribution in [0, 0.1) is 0 Å². The van der Waals surface area contributed by atoms with E-state index in [4.69, 9.17) is 5.73 Å². The van der Waals surface area contributed by atoms with Crippen molar-refractivity contribution in [1.29, 1.82) is 0 Å². The first kappa shape index (κ1) is 24.6. The summed E-state index contributed by atoms with van der Waals surface area (Å²) in [4.78, 5) is 42.8. The SMILES string of the molecule is Nc1ccc(-c2ccc3ncc4c(=O)[nH]c(=O)n(-c5ccc(N6CCNCC6)c(C(F)(F)F)c5)c4c3n2)cn1. The number of aromatic nitrogens is 5. The Balaban J connectivity index is 1.63. The smallest absolute Gasteiger partial charge is 0.384 e. The summed E-state index contributed by atoms with van der Waals surface area (Å²) in [5, 5.41) is 3.13. The monoisotopic (exact) mass is 534 g/mol. The summed E-state index contributed by atoms with van der Waals surface area (Å²) in [6.45, 7) is 1.93. The Morgan fingerprint density at radius 3 is 2.46 bits per heavy atom. The molecule has 39 heavy (non-hydrogen) atoms. The van der Waals surface area contributed by atoms with Gasteiger partial charge in [-0.2, -0.15) is 13.2 Å². The summed E-state index contributed by atoms with van der Waals surface area (Å²) in [6.07, 6.45) is -1.89. The first-order valence-electron chi connectivity index (χ1n) is 12.0. The van der Waals surface area contributed by atoms with Gasteiger partial charge in [-0.15, -0.1) is 0 Å². The number of H-pyrrole nitrogens is 1. The quantitative estimate of drug-likeness (QED) is 0.301. The number of fused-ring (bicyclic) bond motifs is 3. The van der Waals surface area contributed by atoms with Gasteiger partial charge in [-0.05, 0) is 42.5 Å². The number of halogens is 3. The fraction of sp³-hybridized carbons (Fsp3) is 0.192. The van der Waals surface area contributed by atoms with Crippen LogP contribution in [0.3, 0.4) is 0 Å². The van der Waals surface area contributed by atoms with Crippen molar-refractivity contribution < 1.29 is 13.2 Å². The van der Waals surface area contributed by atoms with E-state index >= 15 is 0 Å². The molecule has 13 heteroatoms. The minimum absolute atomic E-state index is 0.00178. The predicted octanol–water partition coefficient (Wildman–Crippen LogP) is 2.69. The van der Waals surface area contributed by atoms with Gasteiger partial charge in [0, 0.05) is 49.8 Å². The second-order valence-corrected chi connectivity index (χ2v) is 9.09. The highest BCUT2D eigenvalue weighted by Gasteiger charge is 2.36. The van der Waals surface area contributed by atoms with Crippen molar-refractivity contribution in [3.8, 4) is 16.9 Å². The number of pyridine rings is 3. The third-order valence-electron chi connectivity index (χ3n) is 6.66. The van der Waals surface area contributed by atoms with Gasteiger partial charge in [0.05, 0.1) is 33.4 Å². The van der Waals surface area contributed by atoms with Gasteiger partial charge in [-0.25, -0.2) is 14.8 Å². The number of nitrogen functional groups attached to an aromatic ring is 1. The topological polar surface area (TPSA) is 135 Å². The van der Waals surface area contributed by atoms with Crippen LogP contribution in [0.1, 0.15) is 5.56 Å². The highest BCUT2D eigenvalue weighted by atomic mass is 19.4. The maximum absolute atomic E-state index is 14.3. The lowest BCUT2D eigenvalue weighted by Gasteiger charge is -2.31. The fourth-order valence-corrected chi connectivity index (χ4v) is 4.80. The zero-order valence-corrected chi connectivity index (χ0v) is 20.3. The summed E-state index contributed by atoms with van der Waals surface area (Å²) in [5.74, 6) is 0.316. The van der Waals surface area contributed by atoms with E-state index in [0.29, 0.717) is 48.8 Å². The zero-order chi connectivity index (χ0) is 27.3. The van der Waals surface area contributed by atoms with Crippen LogP contribution in [0.25, 0.3) is 38.9 Å². The Morgan fingerprint density at radius 2 is 1.74 bits per heavy atom. The number of nitrogens with two attached hydrogens (primary N) is 1. The molecule has 1 aliphatic rings. The van der Waals surface area contributed by atoms with Gasteiger partial charge in [-0.1, -0.05) is 0 Å². The predicted molar refractivity (Wildman–Crippen MR) is 141 cm³/mol. The minimum atomic E-state index is -4.69. The number of benzene rings is 1. The van der Waals surface area contributed by atoms with Crippen molar-refractivity contribution in [3.63, 3.8) is 0 Å². The summed E-state index contributed by atoms with van der Waals surface area (Å²) in [5.41, 5.74) is 4.76. The van der Waals surface area contributed by atoms with Crippen LogP contribution in [0.2, 0.25) is 0 Å². The third kappa shape index (κ3) is 4.36. The molecule has 0 aliphatic carbocycles. The number of nitrogens with one attached hydrogen (secondary N) is 2. The molecule has 1 aromatic carbocycles. The molecule has 5 aromatic rings. The van der Waals surface area contributed by atoms with Crippen molar-refractivity contribution in [2.45, 2.75) is 6.18 Å². The average Bonchev–Trinajstić information content (AvgIpc) is 2.93. The van der Waals surface area contributed by atoms with E-state index in [2.05, 4.69) is 25.3 Å². The fourth-order valence-electron chi connectivity index (χ4n) is 4.80. The van der Waals surface area contributed by atoms with E-state index in [1.807, 2.05) is 0 Å². The van der Waals surface area contributed by atoms with E-state index in [0.717, 1.165) is 10.6 Å². The van der Waals surface area contributed by atoms with Crippen LogP contribution >= 0.6 is 0 Å². The van der Waals surface area contributed by atoms with Gasteiger partial charge in [-0.3, -0.25) is 19.3 Å². The van der Waals surface area contributed by atoms with Gasteiger partial charge in [0.2, 0.25) is 0 Å². The molecule has 0 atom stereocenters. The average molecular weight is 535 g/mol. The number of piperazine rings is 1. The number of hydrogen-bond donors (Lipinski definition) is 3.